The van der Waals surface area contributed by atoms with Crippen LogP contribution in [-0.4, -0.2) is 6.47 Å². The normalized spacial score (nSPS) is 12.2. The third-order valence-electron chi connectivity index (χ3n) is 1.68. The van der Waals surface area contributed by atoms with Crippen molar-refractivity contribution < 1.29 is 9.53 Å². The number of carbonyl (C=O) groups excluding carboxylic acids is 1. The number of hydrogen-bond donors (Lipinski definition) is 0. The lowest BCUT2D eigenvalue weighted by atomic mass is 10.1. The van der Waals surface area contributed by atoms with Crippen LogP contribution in [0.25, 0.3) is 0 Å². The predicted octanol–water partition coefficient (Wildman–Crippen LogP) is 3.23. The number of benzene rings is 1. The van der Waals surface area contributed by atoms with Gasteiger partial charge in [0.05, 0.1) is 10.0 Å². The summed E-state index contributed by atoms with van der Waals surface area (Å²) in [5.74, 6) is 0. The van der Waals surface area contributed by atoms with Gasteiger partial charge in [-0.2, -0.15) is 0 Å². The summed E-state index contributed by atoms with van der Waals surface area (Å²) in [7, 11) is 0. The second kappa shape index (κ2) is 4.49. The Hall–Kier alpha value is -0.730. The minimum Gasteiger partial charge on any atom is -0.460 e. The first-order valence-electron chi connectivity index (χ1n) is 3.70. The summed E-state index contributed by atoms with van der Waals surface area (Å²) in [5, 5.41) is 0.888. The molecule has 1 unspecified atom stereocenters. The van der Waals surface area contributed by atoms with Gasteiger partial charge in [-0.25, -0.2) is 0 Å². The van der Waals surface area contributed by atoms with Crippen LogP contribution >= 0.6 is 23.2 Å². The molecule has 70 valence electrons. The van der Waals surface area contributed by atoms with Crippen molar-refractivity contribution in [3.8, 4) is 0 Å². The molecule has 4 heteroatoms. The smallest absolute Gasteiger partial charge is 0.293 e. The summed E-state index contributed by atoms with van der Waals surface area (Å²) in [6, 6.07) is 5.21. The topological polar surface area (TPSA) is 26.3 Å². The molecule has 2 nitrogen and oxygen atoms in total. The minimum atomic E-state index is -0.372. The zero-order valence-corrected chi connectivity index (χ0v) is 8.47. The Morgan fingerprint density at radius 1 is 1.46 bits per heavy atom. The lowest BCUT2D eigenvalue weighted by Crippen LogP contribution is -1.98. The fourth-order valence-corrected chi connectivity index (χ4v) is 1.45. The molecule has 13 heavy (non-hydrogen) atoms. The molecule has 0 radical (unpaired) electrons. The maximum atomic E-state index is 10.1. The molecule has 0 aliphatic carbocycles. The zero-order chi connectivity index (χ0) is 9.84. The number of halogens is 2. The molecule has 0 N–H and O–H groups in total. The molecule has 0 aliphatic heterocycles. The number of ether oxygens (including phenoxy) is 1. The van der Waals surface area contributed by atoms with Crippen LogP contribution in [0.15, 0.2) is 18.2 Å². The zero-order valence-electron chi connectivity index (χ0n) is 6.96. The SMILES string of the molecule is CC(OC=O)c1cccc(Cl)c1Cl. The molecule has 1 rings (SSSR count). The van der Waals surface area contributed by atoms with Crippen LogP contribution in [-0.2, 0) is 9.53 Å². The second-order valence-electron chi connectivity index (χ2n) is 2.52. The molecule has 1 atom stereocenters. The Labute approximate surface area is 86.4 Å². The van der Waals surface area contributed by atoms with Crippen molar-refractivity contribution in [2.75, 3.05) is 0 Å². The van der Waals surface area contributed by atoms with Crippen molar-refractivity contribution in [3.63, 3.8) is 0 Å². The van der Waals surface area contributed by atoms with Crippen LogP contribution in [0, 0.1) is 0 Å². The highest BCUT2D eigenvalue weighted by molar-refractivity contribution is 6.42. The van der Waals surface area contributed by atoms with Crippen LogP contribution in [0.2, 0.25) is 10.0 Å². The van der Waals surface area contributed by atoms with Crippen LogP contribution in [0.4, 0.5) is 0 Å². The first-order valence-corrected chi connectivity index (χ1v) is 4.45. The predicted molar refractivity (Wildman–Crippen MR) is 52.0 cm³/mol. The van der Waals surface area contributed by atoms with Crippen molar-refractivity contribution in [2.45, 2.75) is 13.0 Å². The molecule has 0 fully saturated rings. The van der Waals surface area contributed by atoms with Crippen molar-refractivity contribution in [3.05, 3.63) is 33.8 Å². The van der Waals surface area contributed by atoms with Gasteiger partial charge in [0.1, 0.15) is 6.10 Å². The van der Waals surface area contributed by atoms with Crippen molar-refractivity contribution in [2.24, 2.45) is 0 Å². The first kappa shape index (κ1) is 10.4. The average Bonchev–Trinajstić information content (AvgIpc) is 2.10. The molecule has 1 aromatic rings. The largest absolute Gasteiger partial charge is 0.460 e. The summed E-state index contributed by atoms with van der Waals surface area (Å²) in [6.07, 6.45) is -0.372. The van der Waals surface area contributed by atoms with Gasteiger partial charge in [0.25, 0.3) is 6.47 Å². The highest BCUT2D eigenvalue weighted by Crippen LogP contribution is 2.30. The molecule has 0 saturated carbocycles. The summed E-state index contributed by atoms with van der Waals surface area (Å²) in [6.45, 7) is 2.12. The number of rotatable bonds is 3. The van der Waals surface area contributed by atoms with Gasteiger partial charge in [-0.1, -0.05) is 35.3 Å². The first-order chi connectivity index (χ1) is 6.16. The van der Waals surface area contributed by atoms with E-state index in [1.54, 1.807) is 25.1 Å². The van der Waals surface area contributed by atoms with Gasteiger partial charge < -0.3 is 4.74 Å². The third-order valence-corrected chi connectivity index (χ3v) is 2.51. The van der Waals surface area contributed by atoms with E-state index in [0.717, 1.165) is 0 Å². The molecule has 1 aromatic carbocycles. The maximum Gasteiger partial charge on any atom is 0.293 e. The molecule has 0 aliphatic rings. The molecule has 0 bridgehead atoms. The quantitative estimate of drug-likeness (QED) is 0.729. The highest BCUT2D eigenvalue weighted by atomic mass is 35.5. The molecule has 0 aromatic heterocycles. The molecule has 0 spiro atoms. The number of hydrogen-bond acceptors (Lipinski definition) is 2. The standard InChI is InChI=1S/C9H8Cl2O2/c1-6(13-5-12)7-3-2-4-8(10)9(7)11/h2-6H,1H3. The molecular weight excluding hydrogens is 211 g/mol. The fourth-order valence-electron chi connectivity index (χ4n) is 0.991. The molecular formula is C9H8Cl2O2. The third kappa shape index (κ3) is 2.36. The van der Waals surface area contributed by atoms with E-state index >= 15 is 0 Å². The Morgan fingerprint density at radius 3 is 2.77 bits per heavy atom. The van der Waals surface area contributed by atoms with Gasteiger partial charge in [-0.05, 0) is 13.0 Å². The van der Waals surface area contributed by atoms with Gasteiger partial charge >= 0.3 is 0 Å². The van der Waals surface area contributed by atoms with E-state index in [9.17, 15) is 4.79 Å². The Kier molecular flexibility index (Phi) is 3.58. The van der Waals surface area contributed by atoms with Gasteiger partial charge in [0, 0.05) is 5.56 Å². The van der Waals surface area contributed by atoms with Gasteiger partial charge in [-0.15, -0.1) is 0 Å². The van der Waals surface area contributed by atoms with Gasteiger partial charge in [-0.3, -0.25) is 4.79 Å². The number of carbonyl (C=O) groups is 1. The summed E-state index contributed by atoms with van der Waals surface area (Å²) in [5.41, 5.74) is 0.710. The summed E-state index contributed by atoms with van der Waals surface area (Å²) in [4.78, 5) is 10.1. The van der Waals surface area contributed by atoms with Crippen molar-refractivity contribution in [1.82, 2.24) is 0 Å². The Bertz CT molecular complexity index is 312. The lowest BCUT2D eigenvalue weighted by molar-refractivity contribution is -0.133. The van der Waals surface area contributed by atoms with E-state index in [0.29, 0.717) is 22.1 Å². The maximum absolute atomic E-state index is 10.1. The Balaban J connectivity index is 3.00. The fraction of sp³-hybridized carbons (Fsp3) is 0.222. The van der Waals surface area contributed by atoms with Crippen molar-refractivity contribution >= 4 is 29.7 Å². The minimum absolute atomic E-state index is 0.372. The monoisotopic (exact) mass is 218 g/mol. The average molecular weight is 219 g/mol. The highest BCUT2D eigenvalue weighted by Gasteiger charge is 2.11. The molecule has 0 heterocycles. The molecule has 0 amide bonds. The van der Waals surface area contributed by atoms with Crippen LogP contribution in [0.3, 0.4) is 0 Å². The van der Waals surface area contributed by atoms with E-state index in [-0.39, 0.29) is 6.10 Å². The van der Waals surface area contributed by atoms with E-state index in [4.69, 9.17) is 27.9 Å². The van der Waals surface area contributed by atoms with Gasteiger partial charge in [0.15, 0.2) is 0 Å². The van der Waals surface area contributed by atoms with Crippen LogP contribution < -0.4 is 0 Å². The van der Waals surface area contributed by atoms with Gasteiger partial charge in [0.2, 0.25) is 0 Å². The van der Waals surface area contributed by atoms with E-state index < -0.39 is 0 Å². The lowest BCUT2D eigenvalue weighted by Gasteiger charge is -2.11. The second-order valence-corrected chi connectivity index (χ2v) is 3.30. The molecule has 0 saturated heterocycles. The summed E-state index contributed by atoms with van der Waals surface area (Å²) >= 11 is 11.7. The van der Waals surface area contributed by atoms with Crippen LogP contribution in [0.5, 0.6) is 0 Å². The Morgan fingerprint density at radius 2 is 2.15 bits per heavy atom. The van der Waals surface area contributed by atoms with E-state index in [1.807, 2.05) is 0 Å². The summed E-state index contributed by atoms with van der Waals surface area (Å²) < 4.78 is 4.74. The van der Waals surface area contributed by atoms with E-state index in [1.165, 1.54) is 0 Å². The van der Waals surface area contributed by atoms with Crippen molar-refractivity contribution in [1.29, 1.82) is 0 Å². The van der Waals surface area contributed by atoms with Crippen LogP contribution in [0.1, 0.15) is 18.6 Å². The van der Waals surface area contributed by atoms with E-state index in [2.05, 4.69) is 0 Å².